The van der Waals surface area contributed by atoms with Gasteiger partial charge in [0.25, 0.3) is 11.1 Å². The van der Waals surface area contributed by atoms with Crippen molar-refractivity contribution < 1.29 is 23.8 Å². The molecule has 1 aliphatic heterocycles. The molecule has 3 aromatic carbocycles. The van der Waals surface area contributed by atoms with Crippen LogP contribution in [0.2, 0.25) is 5.02 Å². The summed E-state index contributed by atoms with van der Waals surface area (Å²) < 4.78 is 17.4. The van der Waals surface area contributed by atoms with Gasteiger partial charge in [0.2, 0.25) is 0 Å². The van der Waals surface area contributed by atoms with Crippen LogP contribution in [0.1, 0.15) is 42.0 Å². The van der Waals surface area contributed by atoms with Crippen molar-refractivity contribution in [3.05, 3.63) is 92.8 Å². The number of rotatable bonds is 10. The molecule has 0 spiro atoms. The molecular formula is C30H30ClNO5S. The summed E-state index contributed by atoms with van der Waals surface area (Å²) in [6, 6.07) is 18.9. The normalized spacial score (nSPS) is 14.5. The van der Waals surface area contributed by atoms with E-state index in [0.717, 1.165) is 39.8 Å². The van der Waals surface area contributed by atoms with Gasteiger partial charge >= 0.3 is 0 Å². The molecule has 0 bridgehead atoms. The van der Waals surface area contributed by atoms with Crippen LogP contribution in [0.15, 0.2) is 65.6 Å². The van der Waals surface area contributed by atoms with Gasteiger partial charge in [-0.2, -0.15) is 0 Å². The third-order valence-corrected chi connectivity index (χ3v) is 7.19. The van der Waals surface area contributed by atoms with E-state index in [1.165, 1.54) is 4.90 Å². The molecule has 0 N–H and O–H groups in total. The Kier molecular flexibility index (Phi) is 9.02. The van der Waals surface area contributed by atoms with E-state index < -0.39 is 0 Å². The number of methoxy groups -OCH3 is 1. The van der Waals surface area contributed by atoms with Crippen LogP contribution in [-0.4, -0.2) is 36.3 Å². The van der Waals surface area contributed by atoms with Crippen molar-refractivity contribution >= 4 is 40.6 Å². The number of benzene rings is 3. The first-order valence-corrected chi connectivity index (χ1v) is 13.5. The molecule has 6 nitrogen and oxygen atoms in total. The fourth-order valence-electron chi connectivity index (χ4n) is 3.97. The van der Waals surface area contributed by atoms with E-state index in [1.807, 2.05) is 31.2 Å². The minimum atomic E-state index is -0.337. The summed E-state index contributed by atoms with van der Waals surface area (Å²) in [5.41, 5.74) is 3.86. The summed E-state index contributed by atoms with van der Waals surface area (Å²) in [5, 5.41) is 0.343. The van der Waals surface area contributed by atoms with E-state index in [9.17, 15) is 9.59 Å². The lowest BCUT2D eigenvalue weighted by molar-refractivity contribution is -0.123. The standard InChI is InChI=1S/C30H30ClNO5S/c1-19(2)24-11-5-20(3)15-26(24)36-14-13-32-29(33)28(38-30(32)34)17-22-8-12-25(35-4)27(16-22)37-18-21-6-9-23(31)10-7-21/h5-12,15-17,19H,13-14,18H2,1-4H3/b28-17-. The molecule has 0 aromatic heterocycles. The van der Waals surface area contributed by atoms with Gasteiger partial charge in [-0.1, -0.05) is 55.8 Å². The van der Waals surface area contributed by atoms with Crippen LogP contribution in [-0.2, 0) is 11.4 Å². The minimum Gasteiger partial charge on any atom is -0.493 e. The van der Waals surface area contributed by atoms with Crippen molar-refractivity contribution in [2.24, 2.45) is 0 Å². The fourth-order valence-corrected chi connectivity index (χ4v) is 4.96. The molecule has 0 unspecified atom stereocenters. The molecule has 1 fully saturated rings. The Morgan fingerprint density at radius 1 is 0.947 bits per heavy atom. The molecule has 0 radical (unpaired) electrons. The van der Waals surface area contributed by atoms with Crippen LogP contribution in [0.3, 0.4) is 0 Å². The number of hydrogen-bond acceptors (Lipinski definition) is 6. The number of hydrogen-bond donors (Lipinski definition) is 0. The number of thioether (sulfide) groups is 1. The van der Waals surface area contributed by atoms with E-state index in [0.29, 0.717) is 34.0 Å². The lowest BCUT2D eigenvalue weighted by atomic mass is 10.0. The highest BCUT2D eigenvalue weighted by Crippen LogP contribution is 2.35. The van der Waals surface area contributed by atoms with Crippen LogP contribution in [0, 0.1) is 6.92 Å². The first-order chi connectivity index (χ1) is 18.2. The molecule has 0 atom stereocenters. The number of nitrogens with zero attached hydrogens (tertiary/aromatic N) is 1. The summed E-state index contributed by atoms with van der Waals surface area (Å²) in [5.74, 6) is 1.85. The lowest BCUT2D eigenvalue weighted by Gasteiger charge is -2.17. The molecule has 0 aliphatic carbocycles. The Morgan fingerprint density at radius 3 is 2.42 bits per heavy atom. The Balaban J connectivity index is 1.43. The first-order valence-electron chi connectivity index (χ1n) is 12.3. The second-order valence-electron chi connectivity index (χ2n) is 9.20. The maximum atomic E-state index is 13.0. The maximum Gasteiger partial charge on any atom is 0.293 e. The number of imide groups is 1. The monoisotopic (exact) mass is 551 g/mol. The van der Waals surface area contributed by atoms with E-state index in [4.69, 9.17) is 25.8 Å². The zero-order valence-electron chi connectivity index (χ0n) is 21.8. The summed E-state index contributed by atoms with van der Waals surface area (Å²) >= 11 is 6.88. The molecule has 2 amide bonds. The maximum absolute atomic E-state index is 13.0. The minimum absolute atomic E-state index is 0.172. The second kappa shape index (κ2) is 12.4. The van der Waals surface area contributed by atoms with Gasteiger partial charge in [-0.15, -0.1) is 0 Å². The Bertz CT molecular complexity index is 1350. The number of ether oxygens (including phenoxy) is 3. The Labute approximate surface area is 232 Å². The average molecular weight is 552 g/mol. The Hall–Kier alpha value is -3.42. The number of carbonyl (C=O) groups is 2. The molecule has 1 heterocycles. The molecule has 0 saturated carbocycles. The van der Waals surface area contributed by atoms with Gasteiger partial charge in [0.05, 0.1) is 18.6 Å². The smallest absolute Gasteiger partial charge is 0.293 e. The molecule has 3 aromatic rings. The van der Waals surface area contributed by atoms with Crippen molar-refractivity contribution in [3.8, 4) is 17.2 Å². The topological polar surface area (TPSA) is 65.1 Å². The van der Waals surface area contributed by atoms with E-state index in [1.54, 1.807) is 37.5 Å². The van der Waals surface area contributed by atoms with E-state index in [-0.39, 0.29) is 24.3 Å². The second-order valence-corrected chi connectivity index (χ2v) is 10.6. The first kappa shape index (κ1) is 27.6. The summed E-state index contributed by atoms with van der Waals surface area (Å²) in [6.07, 6.45) is 1.69. The number of carbonyl (C=O) groups excluding carboxylic acids is 2. The Morgan fingerprint density at radius 2 is 1.71 bits per heavy atom. The lowest BCUT2D eigenvalue weighted by Crippen LogP contribution is -2.32. The molecular weight excluding hydrogens is 522 g/mol. The van der Waals surface area contributed by atoms with Gasteiger partial charge in [-0.05, 0) is 83.3 Å². The highest BCUT2D eigenvalue weighted by Gasteiger charge is 2.35. The summed E-state index contributed by atoms with van der Waals surface area (Å²) in [4.78, 5) is 27.2. The van der Waals surface area contributed by atoms with Crippen molar-refractivity contribution in [2.75, 3.05) is 20.3 Å². The van der Waals surface area contributed by atoms with Gasteiger partial charge in [0.15, 0.2) is 11.5 Å². The zero-order valence-corrected chi connectivity index (χ0v) is 23.4. The summed E-state index contributed by atoms with van der Waals surface area (Å²) in [7, 11) is 1.57. The highest BCUT2D eigenvalue weighted by molar-refractivity contribution is 8.18. The molecule has 198 valence electrons. The molecule has 1 saturated heterocycles. The predicted molar refractivity (Wildman–Crippen MR) is 152 cm³/mol. The predicted octanol–water partition coefficient (Wildman–Crippen LogP) is 7.47. The largest absolute Gasteiger partial charge is 0.493 e. The molecule has 38 heavy (non-hydrogen) atoms. The fraction of sp³-hybridized carbons (Fsp3) is 0.267. The number of aryl methyl sites for hydroxylation is 1. The van der Waals surface area contributed by atoms with Crippen molar-refractivity contribution in [3.63, 3.8) is 0 Å². The van der Waals surface area contributed by atoms with Crippen molar-refractivity contribution in [2.45, 2.75) is 33.3 Å². The number of halogens is 1. The van der Waals surface area contributed by atoms with Gasteiger partial charge in [-0.3, -0.25) is 14.5 Å². The molecule has 4 rings (SSSR count). The highest BCUT2D eigenvalue weighted by atomic mass is 35.5. The van der Waals surface area contributed by atoms with Gasteiger partial charge in [0, 0.05) is 5.02 Å². The summed E-state index contributed by atoms with van der Waals surface area (Å²) in [6.45, 7) is 6.93. The third kappa shape index (κ3) is 6.71. The number of amides is 2. The van der Waals surface area contributed by atoms with Crippen LogP contribution in [0.5, 0.6) is 17.2 Å². The van der Waals surface area contributed by atoms with E-state index in [2.05, 4.69) is 26.0 Å². The van der Waals surface area contributed by atoms with Crippen LogP contribution in [0.25, 0.3) is 6.08 Å². The van der Waals surface area contributed by atoms with Crippen molar-refractivity contribution in [1.29, 1.82) is 0 Å². The van der Waals surface area contributed by atoms with Crippen LogP contribution >= 0.6 is 23.4 Å². The third-order valence-electron chi connectivity index (χ3n) is 6.03. The molecule has 8 heteroatoms. The van der Waals surface area contributed by atoms with Crippen molar-refractivity contribution in [1.82, 2.24) is 4.90 Å². The van der Waals surface area contributed by atoms with E-state index >= 15 is 0 Å². The zero-order chi connectivity index (χ0) is 27.2. The molecule has 1 aliphatic rings. The van der Waals surface area contributed by atoms with Crippen LogP contribution in [0.4, 0.5) is 4.79 Å². The average Bonchev–Trinajstić information content (AvgIpc) is 3.15. The van der Waals surface area contributed by atoms with Gasteiger partial charge in [-0.25, -0.2) is 0 Å². The SMILES string of the molecule is COc1ccc(/C=C2\SC(=O)N(CCOc3cc(C)ccc3C(C)C)C2=O)cc1OCc1ccc(Cl)cc1. The van der Waals surface area contributed by atoms with Gasteiger partial charge < -0.3 is 14.2 Å². The quantitative estimate of drug-likeness (QED) is 0.243. The van der Waals surface area contributed by atoms with Crippen LogP contribution < -0.4 is 14.2 Å². The van der Waals surface area contributed by atoms with Gasteiger partial charge in [0.1, 0.15) is 19.0 Å².